The number of halogens is 2. The Hall–Kier alpha value is -1.75. The van der Waals surface area contributed by atoms with Crippen molar-refractivity contribution in [2.45, 2.75) is 0 Å². The van der Waals surface area contributed by atoms with E-state index in [-0.39, 0.29) is 11.0 Å². The third-order valence-corrected chi connectivity index (χ3v) is 2.12. The first-order valence-electron chi connectivity index (χ1n) is 4.38. The summed E-state index contributed by atoms with van der Waals surface area (Å²) in [7, 11) is 1.50. The number of hydrogen-bond acceptors (Lipinski definition) is 4. The monoisotopic (exact) mass is 239 g/mol. The van der Waals surface area contributed by atoms with Gasteiger partial charge in [0, 0.05) is 11.8 Å². The average Bonchev–Trinajstić information content (AvgIpc) is 2.32. The Kier molecular flexibility index (Phi) is 2.96. The van der Waals surface area contributed by atoms with Crippen molar-refractivity contribution in [3.63, 3.8) is 0 Å². The van der Waals surface area contributed by atoms with E-state index in [0.717, 1.165) is 6.20 Å². The first kappa shape index (κ1) is 10.8. The van der Waals surface area contributed by atoms with Crippen molar-refractivity contribution in [1.82, 2.24) is 15.0 Å². The highest BCUT2D eigenvalue weighted by Crippen LogP contribution is 2.23. The van der Waals surface area contributed by atoms with Crippen molar-refractivity contribution in [1.29, 1.82) is 0 Å². The highest BCUT2D eigenvalue weighted by molar-refractivity contribution is 6.28. The molecule has 2 aromatic heterocycles. The smallest absolute Gasteiger partial charge is 0.223 e. The molecule has 0 atom stereocenters. The van der Waals surface area contributed by atoms with E-state index < -0.39 is 5.82 Å². The molecule has 0 radical (unpaired) electrons. The summed E-state index contributed by atoms with van der Waals surface area (Å²) in [5.74, 6) is -0.0360. The van der Waals surface area contributed by atoms with E-state index in [9.17, 15) is 4.39 Å². The van der Waals surface area contributed by atoms with Crippen LogP contribution < -0.4 is 4.74 Å². The van der Waals surface area contributed by atoms with Gasteiger partial charge in [0.2, 0.25) is 5.28 Å². The zero-order chi connectivity index (χ0) is 11.5. The molecule has 4 nitrogen and oxygen atoms in total. The number of hydrogen-bond donors (Lipinski definition) is 0. The summed E-state index contributed by atoms with van der Waals surface area (Å²) in [4.78, 5) is 11.2. The molecule has 0 amide bonds. The predicted octanol–water partition coefficient (Wildman–Crippen LogP) is 2.34. The fourth-order valence-electron chi connectivity index (χ4n) is 1.21. The molecule has 0 aliphatic heterocycles. The fourth-order valence-corrected chi connectivity index (χ4v) is 1.34. The first-order chi connectivity index (χ1) is 7.70. The van der Waals surface area contributed by atoms with Gasteiger partial charge in [-0.2, -0.15) is 0 Å². The number of pyridine rings is 1. The molecule has 0 unspecified atom stereocenters. The van der Waals surface area contributed by atoms with Gasteiger partial charge in [0.25, 0.3) is 0 Å². The quantitative estimate of drug-likeness (QED) is 0.755. The Balaban J connectivity index is 2.53. The van der Waals surface area contributed by atoms with Gasteiger partial charge in [-0.25, -0.2) is 14.4 Å². The second-order valence-electron chi connectivity index (χ2n) is 2.95. The molecule has 0 aliphatic carbocycles. The highest BCUT2D eigenvalue weighted by Gasteiger charge is 2.09. The standard InChI is InChI=1S/C10H7ClFN3O/c1-16-7-2-6(3-13-4-7)9-8(12)5-14-10(11)15-9/h2-5H,1H3. The minimum Gasteiger partial charge on any atom is -0.495 e. The summed E-state index contributed by atoms with van der Waals surface area (Å²) < 4.78 is 18.4. The van der Waals surface area contributed by atoms with Crippen LogP contribution in [0.3, 0.4) is 0 Å². The average molecular weight is 240 g/mol. The van der Waals surface area contributed by atoms with Crippen molar-refractivity contribution in [2.24, 2.45) is 0 Å². The van der Waals surface area contributed by atoms with Gasteiger partial charge in [-0.05, 0) is 17.7 Å². The molecule has 0 aromatic carbocycles. The second-order valence-corrected chi connectivity index (χ2v) is 3.29. The molecule has 0 bridgehead atoms. The van der Waals surface area contributed by atoms with Gasteiger partial charge in [0.1, 0.15) is 11.4 Å². The van der Waals surface area contributed by atoms with Crippen LogP contribution in [0.2, 0.25) is 5.28 Å². The lowest BCUT2D eigenvalue weighted by Gasteiger charge is -2.04. The number of aromatic nitrogens is 3. The van der Waals surface area contributed by atoms with Crippen molar-refractivity contribution >= 4 is 11.6 Å². The van der Waals surface area contributed by atoms with Gasteiger partial charge in [0.05, 0.1) is 19.5 Å². The third kappa shape index (κ3) is 2.09. The molecule has 2 aromatic rings. The van der Waals surface area contributed by atoms with Gasteiger partial charge >= 0.3 is 0 Å². The van der Waals surface area contributed by atoms with Crippen LogP contribution in [-0.2, 0) is 0 Å². The van der Waals surface area contributed by atoms with E-state index in [1.807, 2.05) is 0 Å². The van der Waals surface area contributed by atoms with Gasteiger partial charge in [0.15, 0.2) is 5.82 Å². The molecule has 2 heterocycles. The van der Waals surface area contributed by atoms with Crippen LogP contribution in [0.4, 0.5) is 4.39 Å². The van der Waals surface area contributed by atoms with Gasteiger partial charge in [-0.3, -0.25) is 4.98 Å². The summed E-state index contributed by atoms with van der Waals surface area (Å²) in [6, 6.07) is 1.62. The molecule has 82 valence electrons. The van der Waals surface area contributed by atoms with Gasteiger partial charge in [-0.15, -0.1) is 0 Å². The van der Waals surface area contributed by atoms with E-state index in [0.29, 0.717) is 11.3 Å². The van der Waals surface area contributed by atoms with E-state index in [4.69, 9.17) is 16.3 Å². The van der Waals surface area contributed by atoms with Crippen LogP contribution in [0.5, 0.6) is 5.75 Å². The lowest BCUT2D eigenvalue weighted by molar-refractivity contribution is 0.413. The number of methoxy groups -OCH3 is 1. The summed E-state index contributed by atoms with van der Waals surface area (Å²) in [5, 5.41) is -0.0146. The third-order valence-electron chi connectivity index (χ3n) is 1.94. The van der Waals surface area contributed by atoms with E-state index >= 15 is 0 Å². The van der Waals surface area contributed by atoms with E-state index in [1.54, 1.807) is 6.07 Å². The maximum absolute atomic E-state index is 13.4. The minimum absolute atomic E-state index is 0.0146. The summed E-state index contributed by atoms with van der Waals surface area (Å²) >= 11 is 5.60. The molecule has 0 saturated heterocycles. The van der Waals surface area contributed by atoms with Crippen molar-refractivity contribution in [3.8, 4) is 17.0 Å². The molecule has 0 spiro atoms. The van der Waals surface area contributed by atoms with Crippen LogP contribution in [0.25, 0.3) is 11.3 Å². The molecule has 0 aliphatic rings. The minimum atomic E-state index is -0.556. The van der Waals surface area contributed by atoms with Crippen LogP contribution in [0.1, 0.15) is 0 Å². The molecule has 6 heteroatoms. The van der Waals surface area contributed by atoms with Crippen LogP contribution in [0, 0.1) is 5.82 Å². The lowest BCUT2D eigenvalue weighted by Crippen LogP contribution is -1.94. The summed E-state index contributed by atoms with van der Waals surface area (Å²) in [6.07, 6.45) is 4.01. The molecule has 2 rings (SSSR count). The Morgan fingerprint density at radius 2 is 2.12 bits per heavy atom. The van der Waals surface area contributed by atoms with Crippen molar-refractivity contribution in [2.75, 3.05) is 7.11 Å². The largest absolute Gasteiger partial charge is 0.495 e. The molecule has 0 fully saturated rings. The van der Waals surface area contributed by atoms with Gasteiger partial charge in [-0.1, -0.05) is 0 Å². The van der Waals surface area contributed by atoms with Crippen LogP contribution >= 0.6 is 11.6 Å². The van der Waals surface area contributed by atoms with Crippen molar-refractivity contribution in [3.05, 3.63) is 35.8 Å². The molecule has 0 saturated carbocycles. The maximum Gasteiger partial charge on any atom is 0.223 e. The zero-order valence-corrected chi connectivity index (χ0v) is 9.07. The Morgan fingerprint density at radius 3 is 2.88 bits per heavy atom. The molecule has 16 heavy (non-hydrogen) atoms. The second kappa shape index (κ2) is 4.40. The summed E-state index contributed by atoms with van der Waals surface area (Å²) in [6.45, 7) is 0. The Bertz CT molecular complexity index is 521. The lowest BCUT2D eigenvalue weighted by atomic mass is 10.2. The van der Waals surface area contributed by atoms with Gasteiger partial charge < -0.3 is 4.74 Å². The molecular formula is C10H7ClFN3O. The van der Waals surface area contributed by atoms with Crippen LogP contribution in [0.15, 0.2) is 24.7 Å². The Morgan fingerprint density at radius 1 is 1.31 bits per heavy atom. The number of rotatable bonds is 2. The van der Waals surface area contributed by atoms with E-state index in [2.05, 4.69) is 15.0 Å². The molecule has 0 N–H and O–H groups in total. The fraction of sp³-hybridized carbons (Fsp3) is 0.100. The maximum atomic E-state index is 13.4. The van der Waals surface area contributed by atoms with E-state index in [1.165, 1.54) is 19.5 Å². The topological polar surface area (TPSA) is 47.9 Å². The van der Waals surface area contributed by atoms with Crippen molar-refractivity contribution < 1.29 is 9.13 Å². The number of ether oxygens (including phenoxy) is 1. The predicted molar refractivity (Wildman–Crippen MR) is 56.8 cm³/mol. The highest BCUT2D eigenvalue weighted by atomic mass is 35.5. The SMILES string of the molecule is COc1cncc(-c2nc(Cl)ncc2F)c1. The number of nitrogens with zero attached hydrogens (tertiary/aromatic N) is 3. The Labute approximate surface area is 96.1 Å². The first-order valence-corrected chi connectivity index (χ1v) is 4.76. The normalized spacial score (nSPS) is 10.2. The summed E-state index contributed by atoms with van der Waals surface area (Å²) in [5.41, 5.74) is 0.590. The van der Waals surface area contributed by atoms with Crippen LogP contribution in [-0.4, -0.2) is 22.1 Å². The molecular weight excluding hydrogens is 233 g/mol. The zero-order valence-electron chi connectivity index (χ0n) is 8.32.